The van der Waals surface area contributed by atoms with Gasteiger partial charge in [0.25, 0.3) is 5.91 Å². The zero-order valence-corrected chi connectivity index (χ0v) is 49.1. The predicted molar refractivity (Wildman–Crippen MR) is 299 cm³/mol. The summed E-state index contributed by atoms with van der Waals surface area (Å²) in [6, 6.07) is -3.56. The number of hydrogen-bond acceptors (Lipinski definition) is 17. The number of benzene rings is 2. The number of nitrogens with zero attached hydrogens (tertiary/aromatic N) is 2. The van der Waals surface area contributed by atoms with Crippen LogP contribution in [0.3, 0.4) is 0 Å². The third-order valence-electron chi connectivity index (χ3n) is 14.4. The Hall–Kier alpha value is -7.13. The number of carbonyl (C=O) groups is 10. The highest BCUT2D eigenvalue weighted by Gasteiger charge is 2.47. The number of fused-ring (bicyclic) bond motifs is 2. The molecule has 2 fully saturated rings. The molecule has 2 bridgehead atoms. The monoisotopic (exact) mass is 1190 g/mol. The maximum Gasteiger partial charge on any atom is 0.329 e. The molecule has 0 aliphatic carbocycles. The zero-order chi connectivity index (χ0) is 62.3. The molecule has 26 nitrogen and oxygen atoms in total. The Labute approximate surface area is 487 Å². The van der Waals surface area contributed by atoms with Crippen LogP contribution in [0.5, 0.6) is 11.5 Å². The average molecular weight is 1190 g/mol. The van der Waals surface area contributed by atoms with Crippen molar-refractivity contribution in [3.05, 3.63) is 58.6 Å². The van der Waals surface area contributed by atoms with E-state index in [0.717, 1.165) is 15.4 Å². The van der Waals surface area contributed by atoms with Crippen LogP contribution in [-0.2, 0) is 65.5 Å². The molecule has 83 heavy (non-hydrogen) atoms. The Kier molecular flexibility index (Phi) is 25.5. The van der Waals surface area contributed by atoms with E-state index in [1.54, 1.807) is 53.7 Å². The van der Waals surface area contributed by atoms with Crippen molar-refractivity contribution in [1.29, 1.82) is 0 Å². The lowest BCUT2D eigenvalue weighted by atomic mass is 9.96. The van der Waals surface area contributed by atoms with Gasteiger partial charge in [-0.3, -0.25) is 43.2 Å². The lowest BCUT2D eigenvalue weighted by Crippen LogP contribution is -2.67. The van der Waals surface area contributed by atoms with Gasteiger partial charge in [-0.15, -0.1) is 0 Å². The van der Waals surface area contributed by atoms with Crippen molar-refractivity contribution in [3.8, 4) is 11.5 Å². The van der Waals surface area contributed by atoms with Crippen molar-refractivity contribution in [1.82, 2.24) is 47.0 Å². The molecule has 2 saturated heterocycles. The lowest BCUT2D eigenvalue weighted by Gasteiger charge is -2.43. The van der Waals surface area contributed by atoms with Gasteiger partial charge in [0.1, 0.15) is 78.2 Å². The SMILES string of the molecule is CC(C)C[C@@H]1NC(=O)[C@@H](NC(=O)[C@@H](NC(=O)[C@H](C)NC(=O)[C@H](CCCc2ccc(O)cc2)NC(=O)[C@H](O)CO)C(C)C)[C@@H](C)OC(=O)[C@H](C(C)C)NC(=O)[C@H](Cc2ccc(O)c(Cl)c2)N(C)C(=O)[C@H]([C@@H](C)O)N2C(=O)[C@H](CC[C@H]2O)NC1=O. The van der Waals surface area contributed by atoms with Gasteiger partial charge in [-0.1, -0.05) is 71.3 Å². The lowest BCUT2D eigenvalue weighted by molar-refractivity contribution is -0.170. The van der Waals surface area contributed by atoms with Crippen LogP contribution in [0.1, 0.15) is 106 Å². The van der Waals surface area contributed by atoms with Crippen molar-refractivity contribution < 1.29 is 83.3 Å². The molecule has 2 heterocycles. The molecule has 9 amide bonds. The second kappa shape index (κ2) is 31.0. The molecule has 27 heteroatoms. The number of aliphatic hydroxyl groups is 4. The maximum atomic E-state index is 14.7. The number of carbonyl (C=O) groups excluding carboxylic acids is 10. The quantitative estimate of drug-likeness (QED) is 0.0700. The first-order chi connectivity index (χ1) is 38.9. The molecule has 2 aromatic rings. The number of hydrogen-bond donors (Lipinski definition) is 13. The summed E-state index contributed by atoms with van der Waals surface area (Å²) in [7, 11) is 1.21. The largest absolute Gasteiger partial charge is 0.508 e. The van der Waals surface area contributed by atoms with Crippen molar-refractivity contribution >= 4 is 70.7 Å². The molecule has 460 valence electrons. The molecule has 13 N–H and O–H groups in total. The zero-order valence-electron chi connectivity index (χ0n) is 48.4. The molecule has 0 spiro atoms. The van der Waals surface area contributed by atoms with Crippen LogP contribution < -0.4 is 37.2 Å². The standard InChI is InChI=1S/C56H82ClN9O17/c1-26(2)22-38-49(75)60-37-19-21-42(72)66(54(37)80)46(30(8)68)55(81)65(10)39(24-33-16-20-40(70)35(57)23-33)50(76)63-44(28(5)6)56(82)83-31(9)45(53(79)61-38)64-52(78)43(27(3)4)62-47(73)29(7)58-48(74)36(59-51(77)41(71)25-67)13-11-12-32-14-17-34(69)18-15-32/h14-18,20,23,26-31,36-39,41-46,67-72H,11-13,19,21-22,24-25H2,1-10H3,(H,58,74)(H,59,77)(H,60,75)(H,61,79)(H,62,73)(H,63,76)(H,64,78)/t29-,30+,31+,36-,37-,38-,39-,41+,42+,43-,44-,45-,46-/m0/s1. The third-order valence-corrected chi connectivity index (χ3v) is 14.7. The van der Waals surface area contributed by atoms with Gasteiger partial charge in [0.15, 0.2) is 6.10 Å². The van der Waals surface area contributed by atoms with Gasteiger partial charge < -0.3 is 82.4 Å². The number of likely N-dealkylation sites (N-methyl/N-ethyl adjacent to an activating group) is 1. The van der Waals surface area contributed by atoms with Crippen LogP contribution in [0.25, 0.3) is 0 Å². The van der Waals surface area contributed by atoms with Crippen molar-refractivity contribution in [2.24, 2.45) is 17.8 Å². The molecular weight excluding hydrogens is 1110 g/mol. The molecule has 13 atom stereocenters. The van der Waals surface area contributed by atoms with E-state index in [-0.39, 0.29) is 54.5 Å². The summed E-state index contributed by atoms with van der Waals surface area (Å²) in [5.41, 5.74) is 1.11. The minimum atomic E-state index is -1.86. The number of nitrogens with one attached hydrogen (secondary N) is 7. The van der Waals surface area contributed by atoms with Gasteiger partial charge in [-0.05, 0) is 112 Å². The molecular formula is C56H82ClN9O17. The van der Waals surface area contributed by atoms with E-state index < -0.39 is 156 Å². The van der Waals surface area contributed by atoms with E-state index in [1.165, 1.54) is 58.2 Å². The first kappa shape index (κ1) is 68.4. The summed E-state index contributed by atoms with van der Waals surface area (Å²) >= 11 is 6.23. The molecule has 0 radical (unpaired) electrons. The van der Waals surface area contributed by atoms with Crippen LogP contribution in [0.15, 0.2) is 42.5 Å². The number of aromatic hydroxyl groups is 2. The number of ether oxygens (including phenoxy) is 1. The maximum absolute atomic E-state index is 14.7. The first-order valence-electron chi connectivity index (χ1n) is 27.7. The molecule has 2 aromatic carbocycles. The van der Waals surface area contributed by atoms with Gasteiger partial charge in [0.05, 0.1) is 17.7 Å². The number of phenols is 2. The minimum Gasteiger partial charge on any atom is -0.508 e. The van der Waals surface area contributed by atoms with Crippen LogP contribution in [0.4, 0.5) is 0 Å². The van der Waals surface area contributed by atoms with E-state index in [4.69, 9.17) is 16.3 Å². The summed E-state index contributed by atoms with van der Waals surface area (Å²) in [4.78, 5) is 144. The van der Waals surface area contributed by atoms with Crippen molar-refractivity contribution in [2.45, 2.75) is 186 Å². The average Bonchev–Trinajstić information content (AvgIpc) is 3.51. The highest BCUT2D eigenvalue weighted by Crippen LogP contribution is 2.28. The molecule has 2 aliphatic rings. The van der Waals surface area contributed by atoms with Crippen molar-refractivity contribution in [3.63, 3.8) is 0 Å². The molecule has 0 aromatic heterocycles. The molecule has 4 rings (SSSR count). The van der Waals surface area contributed by atoms with Crippen molar-refractivity contribution in [2.75, 3.05) is 13.7 Å². The number of esters is 1. The van der Waals surface area contributed by atoms with E-state index in [1.807, 2.05) is 0 Å². The molecule has 0 saturated carbocycles. The molecule has 0 unspecified atom stereocenters. The smallest absolute Gasteiger partial charge is 0.329 e. The summed E-state index contributed by atoms with van der Waals surface area (Å²) in [5, 5.41) is 79.4. The van der Waals surface area contributed by atoms with Gasteiger partial charge >= 0.3 is 5.97 Å². The Morgan fingerprint density at radius 3 is 1.99 bits per heavy atom. The van der Waals surface area contributed by atoms with Gasteiger partial charge in [-0.25, -0.2) is 4.79 Å². The fourth-order valence-corrected chi connectivity index (χ4v) is 9.72. The topological polar surface area (TPSA) is 392 Å². The fraction of sp³-hybridized carbons (Fsp3) is 0.607. The Morgan fingerprint density at radius 1 is 0.771 bits per heavy atom. The van der Waals surface area contributed by atoms with Crippen LogP contribution >= 0.6 is 11.6 Å². The van der Waals surface area contributed by atoms with E-state index in [2.05, 4.69) is 37.2 Å². The number of aliphatic hydroxyl groups excluding tert-OH is 4. The summed E-state index contributed by atoms with van der Waals surface area (Å²) in [6.45, 7) is 12.5. The summed E-state index contributed by atoms with van der Waals surface area (Å²) in [6.07, 6.45) is -6.87. The Balaban J connectivity index is 1.72. The number of rotatable bonds is 20. The number of halogens is 1. The number of amides is 9. The summed E-state index contributed by atoms with van der Waals surface area (Å²) < 4.78 is 5.89. The summed E-state index contributed by atoms with van der Waals surface area (Å²) in [5.74, 6) is -12.0. The number of aryl methyl sites for hydroxylation is 1. The van der Waals surface area contributed by atoms with Gasteiger partial charge in [-0.2, -0.15) is 0 Å². The van der Waals surface area contributed by atoms with Crippen LogP contribution in [-0.4, -0.2) is 192 Å². The Bertz CT molecular complexity index is 2640. The van der Waals surface area contributed by atoms with E-state index in [0.29, 0.717) is 18.4 Å². The second-order valence-electron chi connectivity index (χ2n) is 22.3. The number of piperidine rings is 1. The van der Waals surface area contributed by atoms with Crippen LogP contribution in [0, 0.1) is 17.8 Å². The van der Waals surface area contributed by atoms with E-state index in [9.17, 15) is 78.6 Å². The fourth-order valence-electron chi connectivity index (χ4n) is 9.52. The first-order valence-corrected chi connectivity index (χ1v) is 28.1. The second-order valence-corrected chi connectivity index (χ2v) is 22.7. The third kappa shape index (κ3) is 18.9. The highest BCUT2D eigenvalue weighted by atomic mass is 35.5. The van der Waals surface area contributed by atoms with Crippen LogP contribution in [0.2, 0.25) is 5.02 Å². The minimum absolute atomic E-state index is 0.000413. The Morgan fingerprint density at radius 2 is 1.41 bits per heavy atom. The highest BCUT2D eigenvalue weighted by molar-refractivity contribution is 6.32. The van der Waals surface area contributed by atoms with E-state index >= 15 is 0 Å². The van der Waals surface area contributed by atoms with Gasteiger partial charge in [0, 0.05) is 13.5 Å². The molecule has 2 aliphatic heterocycles. The van der Waals surface area contributed by atoms with Gasteiger partial charge in [0.2, 0.25) is 47.3 Å². The predicted octanol–water partition coefficient (Wildman–Crippen LogP) is -1.10. The number of phenolic OH excluding ortho intramolecular Hbond substituents is 2. The normalized spacial score (nSPS) is 24.2. The number of cyclic esters (lactones) is 1.